The number of hydrogen-bond acceptors (Lipinski definition) is 4. The molecule has 0 fully saturated rings. The van der Waals surface area contributed by atoms with Gasteiger partial charge in [0.2, 0.25) is 0 Å². The normalized spacial score (nSPS) is 10.8. The Kier molecular flexibility index (Phi) is 3.31. The first kappa shape index (κ1) is 13.2. The zero-order valence-electron chi connectivity index (χ0n) is 11.8. The maximum atomic E-state index is 12.3. The van der Waals surface area contributed by atoms with Crippen LogP contribution in [0.4, 0.5) is 0 Å². The van der Waals surface area contributed by atoms with E-state index in [0.717, 1.165) is 5.56 Å². The summed E-state index contributed by atoms with van der Waals surface area (Å²) in [5.74, 6) is 0.490. The van der Waals surface area contributed by atoms with Gasteiger partial charge < -0.3 is 9.32 Å². The summed E-state index contributed by atoms with van der Waals surface area (Å²) in [6.07, 6.45) is 5.19. The van der Waals surface area contributed by atoms with Crippen LogP contribution in [0, 0.1) is 0 Å². The van der Waals surface area contributed by atoms with Gasteiger partial charge in [0, 0.05) is 38.5 Å². The minimum atomic E-state index is -0.159. The van der Waals surface area contributed by atoms with Crippen LogP contribution in [0.15, 0.2) is 41.3 Å². The van der Waals surface area contributed by atoms with Crippen LogP contribution in [0.25, 0.3) is 11.5 Å². The van der Waals surface area contributed by atoms with Crippen LogP contribution in [-0.2, 0) is 13.6 Å². The first-order valence-corrected chi connectivity index (χ1v) is 6.46. The van der Waals surface area contributed by atoms with Crippen molar-refractivity contribution >= 4 is 5.91 Å². The lowest BCUT2D eigenvalue weighted by Crippen LogP contribution is -2.26. The number of hydrogen-bond donors (Lipinski definition) is 1. The van der Waals surface area contributed by atoms with Crippen molar-refractivity contribution in [2.45, 2.75) is 6.54 Å². The fourth-order valence-corrected chi connectivity index (χ4v) is 2.08. The largest absolute Gasteiger partial charge is 0.463 e. The maximum Gasteiger partial charge on any atom is 0.274 e. The number of nitrogens with zero attached hydrogens (tertiary/aromatic N) is 4. The van der Waals surface area contributed by atoms with Gasteiger partial charge in [-0.15, -0.1) is 0 Å². The van der Waals surface area contributed by atoms with Gasteiger partial charge in [0.15, 0.2) is 11.5 Å². The minimum Gasteiger partial charge on any atom is -0.463 e. The molecule has 3 rings (SSSR count). The van der Waals surface area contributed by atoms with Gasteiger partial charge in [-0.25, -0.2) is 0 Å². The molecule has 1 N–H and O–H groups in total. The average molecular weight is 285 g/mol. The molecule has 0 aliphatic heterocycles. The molecule has 0 saturated heterocycles. The molecule has 0 atom stereocenters. The van der Waals surface area contributed by atoms with E-state index in [9.17, 15) is 4.79 Å². The SMILES string of the molecule is CN(Cc1cnn(C)c1)C(=O)c1cc(-c2ccco2)[nH]n1. The zero-order valence-corrected chi connectivity index (χ0v) is 11.8. The summed E-state index contributed by atoms with van der Waals surface area (Å²) in [6, 6.07) is 5.27. The second kappa shape index (κ2) is 5.28. The molecule has 1 amide bonds. The van der Waals surface area contributed by atoms with Gasteiger partial charge in [-0.3, -0.25) is 14.6 Å². The van der Waals surface area contributed by atoms with E-state index in [2.05, 4.69) is 15.3 Å². The van der Waals surface area contributed by atoms with Gasteiger partial charge in [-0.2, -0.15) is 10.2 Å². The lowest BCUT2D eigenvalue weighted by Gasteiger charge is -2.14. The summed E-state index contributed by atoms with van der Waals surface area (Å²) < 4.78 is 6.97. The van der Waals surface area contributed by atoms with Crippen molar-refractivity contribution < 1.29 is 9.21 Å². The van der Waals surface area contributed by atoms with E-state index < -0.39 is 0 Å². The minimum absolute atomic E-state index is 0.159. The number of rotatable bonds is 4. The van der Waals surface area contributed by atoms with Crippen molar-refractivity contribution in [3.63, 3.8) is 0 Å². The maximum absolute atomic E-state index is 12.3. The fourth-order valence-electron chi connectivity index (χ4n) is 2.08. The third-order valence-corrected chi connectivity index (χ3v) is 3.11. The molecule has 0 aliphatic rings. The van der Waals surface area contributed by atoms with Crippen LogP contribution in [0.5, 0.6) is 0 Å². The molecule has 3 aromatic heterocycles. The summed E-state index contributed by atoms with van der Waals surface area (Å²) >= 11 is 0. The molecular formula is C14H15N5O2. The Hall–Kier alpha value is -2.83. The molecular weight excluding hydrogens is 270 g/mol. The summed E-state index contributed by atoms with van der Waals surface area (Å²) in [6.45, 7) is 0.482. The Morgan fingerprint density at radius 1 is 1.52 bits per heavy atom. The quantitative estimate of drug-likeness (QED) is 0.790. The summed E-state index contributed by atoms with van der Waals surface area (Å²) in [7, 11) is 3.57. The topological polar surface area (TPSA) is 80.0 Å². The first-order valence-electron chi connectivity index (χ1n) is 6.46. The first-order chi connectivity index (χ1) is 10.1. The van der Waals surface area contributed by atoms with Gasteiger partial charge in [0.1, 0.15) is 5.69 Å². The Balaban J connectivity index is 1.72. The van der Waals surface area contributed by atoms with E-state index in [1.54, 1.807) is 47.3 Å². The van der Waals surface area contributed by atoms with Gasteiger partial charge in [-0.1, -0.05) is 0 Å². The number of aryl methyl sites for hydroxylation is 1. The van der Waals surface area contributed by atoms with Crippen molar-refractivity contribution in [3.8, 4) is 11.5 Å². The Labute approximate surface area is 121 Å². The van der Waals surface area contributed by atoms with E-state index in [1.165, 1.54) is 0 Å². The Bertz CT molecular complexity index is 741. The summed E-state index contributed by atoms with van der Waals surface area (Å²) in [5, 5.41) is 10.9. The van der Waals surface area contributed by atoms with Gasteiger partial charge in [0.05, 0.1) is 12.5 Å². The number of carbonyl (C=O) groups excluding carboxylic acids is 1. The monoisotopic (exact) mass is 285 g/mol. The van der Waals surface area contributed by atoms with E-state index in [1.807, 2.05) is 13.2 Å². The third kappa shape index (κ3) is 2.71. The molecule has 0 unspecified atom stereocenters. The van der Waals surface area contributed by atoms with Gasteiger partial charge >= 0.3 is 0 Å². The van der Waals surface area contributed by atoms with Crippen LogP contribution in [0.3, 0.4) is 0 Å². The van der Waals surface area contributed by atoms with Crippen LogP contribution in [-0.4, -0.2) is 37.8 Å². The number of aromatic amines is 1. The highest BCUT2D eigenvalue weighted by Gasteiger charge is 2.17. The van der Waals surface area contributed by atoms with Crippen molar-refractivity contribution in [1.82, 2.24) is 24.9 Å². The van der Waals surface area contributed by atoms with Crippen molar-refractivity contribution in [2.75, 3.05) is 7.05 Å². The van der Waals surface area contributed by atoms with Gasteiger partial charge in [-0.05, 0) is 12.1 Å². The molecule has 0 spiro atoms. The van der Waals surface area contributed by atoms with Crippen molar-refractivity contribution in [3.05, 3.63) is 48.1 Å². The van der Waals surface area contributed by atoms with Gasteiger partial charge in [0.25, 0.3) is 5.91 Å². The number of carbonyl (C=O) groups is 1. The second-order valence-electron chi connectivity index (χ2n) is 4.83. The van der Waals surface area contributed by atoms with E-state index in [0.29, 0.717) is 23.7 Å². The molecule has 0 aliphatic carbocycles. The molecule has 7 heteroatoms. The van der Waals surface area contributed by atoms with E-state index in [4.69, 9.17) is 4.42 Å². The highest BCUT2D eigenvalue weighted by atomic mass is 16.3. The third-order valence-electron chi connectivity index (χ3n) is 3.11. The number of H-pyrrole nitrogens is 1. The van der Waals surface area contributed by atoms with Crippen LogP contribution in [0.2, 0.25) is 0 Å². The Morgan fingerprint density at radius 3 is 3.05 bits per heavy atom. The van der Waals surface area contributed by atoms with Crippen LogP contribution < -0.4 is 0 Å². The number of aromatic nitrogens is 4. The number of amides is 1. The molecule has 0 aromatic carbocycles. The molecule has 21 heavy (non-hydrogen) atoms. The highest BCUT2D eigenvalue weighted by molar-refractivity contribution is 5.93. The second-order valence-corrected chi connectivity index (χ2v) is 4.83. The summed E-state index contributed by atoms with van der Waals surface area (Å²) in [4.78, 5) is 13.9. The molecule has 0 bridgehead atoms. The smallest absolute Gasteiger partial charge is 0.274 e. The highest BCUT2D eigenvalue weighted by Crippen LogP contribution is 2.18. The standard InChI is InChI=1S/C14H15N5O2/c1-18(8-10-7-15-19(2)9-10)14(20)12-6-11(16-17-12)13-4-3-5-21-13/h3-7,9H,8H2,1-2H3,(H,16,17). The van der Waals surface area contributed by atoms with Crippen LogP contribution in [0.1, 0.15) is 16.1 Å². The summed E-state index contributed by atoms with van der Waals surface area (Å²) in [5.41, 5.74) is 2.00. The molecule has 0 radical (unpaired) electrons. The molecule has 3 aromatic rings. The molecule has 7 nitrogen and oxygen atoms in total. The van der Waals surface area contributed by atoms with E-state index >= 15 is 0 Å². The number of nitrogens with one attached hydrogen (secondary N) is 1. The fraction of sp³-hybridized carbons (Fsp3) is 0.214. The molecule has 0 saturated carbocycles. The predicted molar refractivity (Wildman–Crippen MR) is 75.3 cm³/mol. The molecule has 108 valence electrons. The van der Waals surface area contributed by atoms with Crippen LogP contribution >= 0.6 is 0 Å². The van der Waals surface area contributed by atoms with E-state index in [-0.39, 0.29) is 5.91 Å². The number of furan rings is 1. The molecule has 3 heterocycles. The lowest BCUT2D eigenvalue weighted by molar-refractivity contribution is 0.0779. The predicted octanol–water partition coefficient (Wildman–Crippen LogP) is 1.68. The lowest BCUT2D eigenvalue weighted by atomic mass is 10.2. The average Bonchev–Trinajstić information content (AvgIpc) is 3.18. The zero-order chi connectivity index (χ0) is 14.8. The van der Waals surface area contributed by atoms with Crippen molar-refractivity contribution in [2.24, 2.45) is 7.05 Å². The van der Waals surface area contributed by atoms with Crippen molar-refractivity contribution in [1.29, 1.82) is 0 Å². The Morgan fingerprint density at radius 2 is 2.38 bits per heavy atom.